The van der Waals surface area contributed by atoms with Crippen LogP contribution >= 0.6 is 21.6 Å². The summed E-state index contributed by atoms with van der Waals surface area (Å²) in [5, 5.41) is 52.4. The second-order valence-electron chi connectivity index (χ2n) is 14.1. The van der Waals surface area contributed by atoms with E-state index in [9.17, 15) is 68.4 Å². The number of nitrogens with two attached hydrogens (primary N) is 3. The van der Waals surface area contributed by atoms with Gasteiger partial charge in [-0.15, -0.1) is 0 Å². The van der Waals surface area contributed by atoms with Crippen molar-refractivity contribution in [2.45, 2.75) is 75.3 Å². The van der Waals surface area contributed by atoms with Crippen LogP contribution < -0.4 is 54.7 Å². The van der Waals surface area contributed by atoms with Gasteiger partial charge in [0.15, 0.2) is 17.1 Å². The second-order valence-corrected chi connectivity index (χ2v) is 16.7. The maximum absolute atomic E-state index is 13.5. The lowest BCUT2D eigenvalue weighted by Gasteiger charge is -2.25. The average Bonchev–Trinajstić information content (AvgIpc) is 3.25. The molecule has 5 atom stereocenters. The molecule has 5 amide bonds. The normalized spacial score (nSPS) is 13.0. The molecule has 0 aliphatic rings. The number of hydrogen-bond donors (Lipinski definition) is 14. The first kappa shape index (κ1) is 53.6. The van der Waals surface area contributed by atoms with Gasteiger partial charge in [0.05, 0.1) is 31.3 Å². The zero-order valence-corrected chi connectivity index (χ0v) is 37.0. The number of nitrogens with one attached hydrogen (secondary N) is 7. The minimum Gasteiger partial charge on any atom is -0.481 e. The number of aromatic amines is 1. The largest absolute Gasteiger partial charge is 0.481 e. The summed E-state index contributed by atoms with van der Waals surface area (Å²) in [6, 6.07) is -2.73. The number of nitrogen functional groups attached to an aromatic ring is 1. The summed E-state index contributed by atoms with van der Waals surface area (Å²) >= 11 is 0. The van der Waals surface area contributed by atoms with Crippen LogP contribution in [0.15, 0.2) is 40.2 Å². The van der Waals surface area contributed by atoms with E-state index in [0.29, 0.717) is 11.4 Å². The molecule has 0 fully saturated rings. The summed E-state index contributed by atoms with van der Waals surface area (Å²) in [6.45, 7) is 0.0227. The molecule has 2 heterocycles. The summed E-state index contributed by atoms with van der Waals surface area (Å²) < 4.78 is 0. The summed E-state index contributed by atoms with van der Waals surface area (Å²) in [5.41, 5.74) is 16.6. The van der Waals surface area contributed by atoms with Crippen LogP contribution in [0.1, 0.15) is 54.6 Å². The number of fused-ring (bicyclic) bond motifs is 1. The van der Waals surface area contributed by atoms with Crippen molar-refractivity contribution >= 4 is 104 Å². The first-order chi connectivity index (χ1) is 31.7. The van der Waals surface area contributed by atoms with Gasteiger partial charge in [0.25, 0.3) is 11.5 Å². The number of rotatable bonds is 28. The lowest BCUT2D eigenvalue weighted by atomic mass is 10.1. The predicted octanol–water partition coefficient (Wildman–Crippen LogP) is -3.09. The molecule has 28 nitrogen and oxygen atoms in total. The molecule has 0 saturated heterocycles. The van der Waals surface area contributed by atoms with Crippen molar-refractivity contribution in [3.63, 3.8) is 0 Å². The fraction of sp³-hybridized carbons (Fsp3) is 0.405. The van der Waals surface area contributed by atoms with Crippen molar-refractivity contribution in [3.8, 4) is 0 Å². The van der Waals surface area contributed by atoms with Crippen molar-refractivity contribution in [1.82, 2.24) is 46.5 Å². The van der Waals surface area contributed by atoms with Crippen LogP contribution in [0.25, 0.3) is 11.2 Å². The number of carbonyl (C=O) groups is 9. The third-order valence-corrected chi connectivity index (χ3v) is 10.8. The lowest BCUT2D eigenvalue weighted by molar-refractivity contribution is -0.143. The van der Waals surface area contributed by atoms with Crippen LogP contribution in [0.5, 0.6) is 0 Å². The van der Waals surface area contributed by atoms with Crippen molar-refractivity contribution in [2.24, 2.45) is 16.5 Å². The minimum absolute atomic E-state index is 0.0146. The van der Waals surface area contributed by atoms with E-state index in [1.807, 2.05) is 0 Å². The molecule has 0 bridgehead atoms. The summed E-state index contributed by atoms with van der Waals surface area (Å²) in [7, 11) is 2.28. The molecular formula is C37H48N14O14S2. The van der Waals surface area contributed by atoms with Gasteiger partial charge in [-0.3, -0.25) is 48.3 Å². The molecule has 1 unspecified atom stereocenters. The van der Waals surface area contributed by atoms with Gasteiger partial charge < -0.3 is 69.5 Å². The zero-order valence-electron chi connectivity index (χ0n) is 35.3. The van der Waals surface area contributed by atoms with Gasteiger partial charge in [-0.2, -0.15) is 4.98 Å². The topological polar surface area (TPSA) is 469 Å². The second kappa shape index (κ2) is 26.3. The number of nitrogens with zero attached hydrogens (tertiary/aromatic N) is 4. The number of aliphatic carboxylic acids is 4. The molecule has 2 aromatic heterocycles. The van der Waals surface area contributed by atoms with Gasteiger partial charge in [0, 0.05) is 30.0 Å². The maximum atomic E-state index is 13.5. The number of amides is 5. The van der Waals surface area contributed by atoms with Crippen molar-refractivity contribution in [3.05, 3.63) is 52.1 Å². The highest BCUT2D eigenvalue weighted by atomic mass is 33.1. The molecule has 0 saturated carbocycles. The van der Waals surface area contributed by atoms with Crippen LogP contribution in [0.2, 0.25) is 0 Å². The number of carbonyl (C=O) groups excluding carboxylic acids is 5. The molecule has 67 heavy (non-hydrogen) atoms. The highest BCUT2D eigenvalue weighted by Crippen LogP contribution is 2.18. The summed E-state index contributed by atoms with van der Waals surface area (Å²) in [6.07, 6.45) is -0.507. The standard InChI is InChI=1S/C37H48N14O14S2/c1-66-67-15-23(35(64)65)49-32(60)22(12-26(55)56)48-30(58)19(3-2-10-41-36(38)39)46-31(59)21(11-25(53)54)45-24(52)9-8-20(34(62)63)47-29(57)16-4-6-17(7-5-16)42-13-18-14-43-28-27(44-18)33(61)51-37(40)50-28/h4-7,14,19-23,42H,2-3,8-13,15H2,1H3,(H,45,52)(H,46,59)(H,47,57)(H,48,58)(H,49,60)(H,53,54)(H,55,56)(H,62,63)(H,64,65)(H4,38,39,41)(H3,40,43,50,51,61)/t19-,20-,21?,22-,23+/m1/s1. The monoisotopic (exact) mass is 976 g/mol. The van der Waals surface area contributed by atoms with E-state index in [1.54, 1.807) is 6.26 Å². The number of aromatic nitrogens is 4. The third-order valence-electron chi connectivity index (χ3n) is 8.96. The Bertz CT molecular complexity index is 2400. The molecule has 3 rings (SSSR count). The van der Waals surface area contributed by atoms with Crippen LogP contribution in [0.3, 0.4) is 0 Å². The number of hydrogen-bond acceptors (Lipinski definition) is 18. The van der Waals surface area contributed by atoms with Gasteiger partial charge in [0.1, 0.15) is 30.2 Å². The molecule has 0 radical (unpaired) electrons. The Morgan fingerprint density at radius 2 is 1.34 bits per heavy atom. The molecule has 3 aromatic rings. The van der Waals surface area contributed by atoms with E-state index in [4.69, 9.17) is 17.2 Å². The van der Waals surface area contributed by atoms with E-state index in [-0.39, 0.29) is 60.3 Å². The Balaban J connectivity index is 1.67. The molecule has 0 aliphatic carbocycles. The third kappa shape index (κ3) is 18.3. The van der Waals surface area contributed by atoms with E-state index in [0.717, 1.165) is 10.8 Å². The van der Waals surface area contributed by atoms with E-state index < -0.39 is 115 Å². The Labute approximate surface area is 386 Å². The highest BCUT2D eigenvalue weighted by Gasteiger charge is 2.33. The Morgan fingerprint density at radius 3 is 1.93 bits per heavy atom. The summed E-state index contributed by atoms with van der Waals surface area (Å²) in [5.74, 6) is -12.1. The van der Waals surface area contributed by atoms with Crippen molar-refractivity contribution < 1.29 is 63.6 Å². The number of H-pyrrole nitrogens is 1. The molecule has 1 aromatic carbocycles. The summed E-state index contributed by atoms with van der Waals surface area (Å²) in [4.78, 5) is 144. The Morgan fingerprint density at radius 1 is 0.761 bits per heavy atom. The molecule has 30 heteroatoms. The first-order valence-corrected chi connectivity index (χ1v) is 22.4. The van der Waals surface area contributed by atoms with Crippen LogP contribution in [-0.2, 0) is 44.9 Å². The molecular weight excluding hydrogens is 929 g/mol. The van der Waals surface area contributed by atoms with Crippen molar-refractivity contribution in [2.75, 3.05) is 29.6 Å². The van der Waals surface area contributed by atoms with Crippen LogP contribution in [0.4, 0.5) is 11.6 Å². The predicted molar refractivity (Wildman–Crippen MR) is 240 cm³/mol. The first-order valence-electron chi connectivity index (χ1n) is 19.6. The number of anilines is 2. The Kier molecular flexibility index (Phi) is 21.0. The number of aliphatic imine (C=N–C) groups is 1. The molecule has 17 N–H and O–H groups in total. The maximum Gasteiger partial charge on any atom is 0.327 e. The lowest BCUT2D eigenvalue weighted by Crippen LogP contribution is -2.58. The van der Waals surface area contributed by atoms with E-state index >= 15 is 0 Å². The van der Waals surface area contributed by atoms with Gasteiger partial charge >= 0.3 is 23.9 Å². The number of benzene rings is 1. The molecule has 0 aliphatic heterocycles. The number of carboxylic acids is 4. The van der Waals surface area contributed by atoms with E-state index in [1.165, 1.54) is 41.3 Å². The number of carboxylic acid groups (broad SMARTS) is 4. The quantitative estimate of drug-likeness (QED) is 0.0148. The van der Waals surface area contributed by atoms with E-state index in [2.05, 4.69) is 56.8 Å². The van der Waals surface area contributed by atoms with Gasteiger partial charge in [-0.1, -0.05) is 21.6 Å². The SMILES string of the molecule is CSSC[C@H](NC(=O)[C@@H](CC(=O)O)NC(=O)[C@@H](CCCN=C(N)N)NC(=O)C(CC(=O)O)NC(=O)CC[C@@H](NC(=O)c1ccc(NCc2cnc3nc(N)[nH]c(=O)c3n2)cc1)C(=O)O)C(=O)O. The minimum atomic E-state index is -1.88. The van der Waals surface area contributed by atoms with Gasteiger partial charge in [-0.25, -0.2) is 19.6 Å². The van der Waals surface area contributed by atoms with Crippen molar-refractivity contribution in [1.29, 1.82) is 0 Å². The highest BCUT2D eigenvalue weighted by molar-refractivity contribution is 8.76. The van der Waals surface area contributed by atoms with Gasteiger partial charge in [0.2, 0.25) is 29.6 Å². The fourth-order valence-corrected chi connectivity index (χ4v) is 7.01. The smallest absolute Gasteiger partial charge is 0.327 e. The van der Waals surface area contributed by atoms with Gasteiger partial charge in [-0.05, 0) is 49.8 Å². The van der Waals surface area contributed by atoms with Crippen LogP contribution in [0, 0.1) is 0 Å². The van der Waals surface area contributed by atoms with Crippen LogP contribution in [-0.4, -0.2) is 148 Å². The number of guanidine groups is 1. The fourth-order valence-electron chi connectivity index (χ4n) is 5.70. The molecule has 362 valence electrons. The Hall–Kier alpha value is -7.76. The zero-order chi connectivity index (χ0) is 49.8. The average molecular weight is 977 g/mol. The molecule has 0 spiro atoms.